The van der Waals surface area contributed by atoms with Crippen molar-refractivity contribution in [3.8, 4) is 0 Å². The van der Waals surface area contributed by atoms with Crippen LogP contribution in [0, 0.1) is 11.6 Å². The predicted molar refractivity (Wildman–Crippen MR) is 87.2 cm³/mol. The molecule has 3 aliphatic heterocycles. The highest BCUT2D eigenvalue weighted by molar-refractivity contribution is 6.05. The average molecular weight is 363 g/mol. The Kier molecular flexibility index (Phi) is 4.22. The molecule has 1 atom stereocenters. The maximum absolute atomic E-state index is 14.6. The van der Waals surface area contributed by atoms with Gasteiger partial charge in [-0.05, 0) is 49.4 Å². The van der Waals surface area contributed by atoms with Crippen LogP contribution in [0.5, 0.6) is 0 Å². The van der Waals surface area contributed by atoms with Gasteiger partial charge in [0.15, 0.2) is 0 Å². The lowest BCUT2D eigenvalue weighted by molar-refractivity contribution is -0.136. The standard InChI is InChI=1S/C18H19F2N3O3/c19-11-7-12(20)16-10(15(11)9-3-5-21-6-4-9)8-23(18(16)26)13-1-2-14(24)22-17(13)25/h7,9,13,21H,1-6,8H2,(H,22,24,25). The lowest BCUT2D eigenvalue weighted by Gasteiger charge is -2.29. The number of benzene rings is 1. The average Bonchev–Trinajstić information content (AvgIpc) is 2.93. The van der Waals surface area contributed by atoms with E-state index in [1.165, 1.54) is 4.90 Å². The van der Waals surface area contributed by atoms with Gasteiger partial charge in [-0.1, -0.05) is 0 Å². The first-order chi connectivity index (χ1) is 12.5. The van der Waals surface area contributed by atoms with Crippen LogP contribution in [0.4, 0.5) is 8.78 Å². The SMILES string of the molecule is O=C1CCC(N2Cc3c(c(F)cc(F)c3C3CCNCC3)C2=O)C(=O)N1. The van der Waals surface area contributed by atoms with Crippen LogP contribution >= 0.6 is 0 Å². The fraction of sp³-hybridized carbons (Fsp3) is 0.500. The molecule has 1 unspecified atom stereocenters. The van der Waals surface area contributed by atoms with Crippen molar-refractivity contribution in [3.63, 3.8) is 0 Å². The van der Waals surface area contributed by atoms with Gasteiger partial charge in [-0.2, -0.15) is 0 Å². The molecule has 6 nitrogen and oxygen atoms in total. The van der Waals surface area contributed by atoms with E-state index in [9.17, 15) is 23.2 Å². The molecule has 8 heteroatoms. The number of hydrogen-bond acceptors (Lipinski definition) is 4. The number of nitrogens with zero attached hydrogens (tertiary/aromatic N) is 1. The number of carbonyl (C=O) groups is 3. The van der Waals surface area contributed by atoms with Gasteiger partial charge in [-0.25, -0.2) is 8.78 Å². The van der Waals surface area contributed by atoms with Gasteiger partial charge in [0.25, 0.3) is 5.91 Å². The summed E-state index contributed by atoms with van der Waals surface area (Å²) in [6.07, 6.45) is 1.73. The molecule has 3 aliphatic rings. The zero-order valence-corrected chi connectivity index (χ0v) is 14.1. The number of imide groups is 1. The van der Waals surface area contributed by atoms with Gasteiger partial charge in [-0.15, -0.1) is 0 Å². The van der Waals surface area contributed by atoms with E-state index in [2.05, 4.69) is 10.6 Å². The first-order valence-electron chi connectivity index (χ1n) is 8.83. The number of piperidine rings is 2. The molecule has 138 valence electrons. The Morgan fingerprint density at radius 2 is 1.77 bits per heavy atom. The van der Waals surface area contributed by atoms with Gasteiger partial charge in [0.1, 0.15) is 17.7 Å². The Bertz CT molecular complexity index is 805. The Balaban J connectivity index is 1.72. The topological polar surface area (TPSA) is 78.5 Å². The second-order valence-corrected chi connectivity index (χ2v) is 7.03. The molecule has 2 saturated heterocycles. The van der Waals surface area contributed by atoms with Crippen LogP contribution < -0.4 is 10.6 Å². The molecule has 3 heterocycles. The van der Waals surface area contributed by atoms with Crippen LogP contribution in [-0.4, -0.2) is 41.8 Å². The van der Waals surface area contributed by atoms with Crippen LogP contribution in [0.1, 0.15) is 53.1 Å². The second-order valence-electron chi connectivity index (χ2n) is 7.03. The molecule has 0 saturated carbocycles. The predicted octanol–water partition coefficient (Wildman–Crippen LogP) is 1.19. The van der Waals surface area contributed by atoms with Gasteiger partial charge >= 0.3 is 0 Å². The third-order valence-electron chi connectivity index (χ3n) is 5.51. The minimum atomic E-state index is -0.894. The van der Waals surface area contributed by atoms with Crippen molar-refractivity contribution >= 4 is 17.7 Å². The summed E-state index contributed by atoms with van der Waals surface area (Å²) in [5.41, 5.74) is 0.611. The lowest BCUT2D eigenvalue weighted by atomic mass is 9.85. The molecule has 3 amide bonds. The monoisotopic (exact) mass is 363 g/mol. The number of amides is 3. The highest BCUT2D eigenvalue weighted by Gasteiger charge is 2.42. The summed E-state index contributed by atoms with van der Waals surface area (Å²) in [4.78, 5) is 37.5. The zero-order valence-electron chi connectivity index (χ0n) is 14.1. The summed E-state index contributed by atoms with van der Waals surface area (Å²) < 4.78 is 29.0. The van der Waals surface area contributed by atoms with Crippen molar-refractivity contribution in [2.75, 3.05) is 13.1 Å². The van der Waals surface area contributed by atoms with Crippen molar-refractivity contribution in [1.82, 2.24) is 15.5 Å². The second kappa shape index (κ2) is 6.42. The van der Waals surface area contributed by atoms with E-state index < -0.39 is 29.5 Å². The summed E-state index contributed by atoms with van der Waals surface area (Å²) in [5.74, 6) is -3.17. The molecule has 4 rings (SSSR count). The molecule has 0 radical (unpaired) electrons. The first-order valence-corrected chi connectivity index (χ1v) is 8.83. The normalized spacial score (nSPS) is 24.0. The number of carbonyl (C=O) groups excluding carboxylic acids is 3. The molecule has 0 bridgehead atoms. The van der Waals surface area contributed by atoms with Crippen LogP contribution in [0.3, 0.4) is 0 Å². The Labute approximate surface area is 148 Å². The minimum Gasteiger partial charge on any atom is -0.322 e. The molecule has 1 aromatic carbocycles. The summed E-state index contributed by atoms with van der Waals surface area (Å²) in [6, 6.07) is -0.0573. The maximum atomic E-state index is 14.6. The highest BCUT2D eigenvalue weighted by atomic mass is 19.1. The number of hydrogen-bond donors (Lipinski definition) is 2. The highest BCUT2D eigenvalue weighted by Crippen LogP contribution is 2.38. The van der Waals surface area contributed by atoms with E-state index in [1.54, 1.807) is 0 Å². The van der Waals surface area contributed by atoms with E-state index in [0.717, 1.165) is 19.2 Å². The van der Waals surface area contributed by atoms with Gasteiger partial charge < -0.3 is 10.2 Å². The Morgan fingerprint density at radius 1 is 1.04 bits per heavy atom. The molecule has 0 aromatic heterocycles. The van der Waals surface area contributed by atoms with Crippen molar-refractivity contribution in [2.45, 2.75) is 44.2 Å². The van der Waals surface area contributed by atoms with E-state index >= 15 is 0 Å². The van der Waals surface area contributed by atoms with E-state index in [0.29, 0.717) is 24.0 Å². The molecular formula is C18H19F2N3O3. The molecule has 0 spiro atoms. The van der Waals surface area contributed by atoms with Gasteiger partial charge in [-0.3, -0.25) is 19.7 Å². The molecule has 2 N–H and O–H groups in total. The van der Waals surface area contributed by atoms with Gasteiger partial charge in [0.05, 0.1) is 5.56 Å². The van der Waals surface area contributed by atoms with E-state index in [4.69, 9.17) is 0 Å². The molecule has 26 heavy (non-hydrogen) atoms. The largest absolute Gasteiger partial charge is 0.322 e. The zero-order chi connectivity index (χ0) is 18.4. The Hall–Kier alpha value is -2.35. The third-order valence-corrected chi connectivity index (χ3v) is 5.51. The molecule has 0 aliphatic carbocycles. The van der Waals surface area contributed by atoms with Gasteiger partial charge in [0.2, 0.25) is 11.8 Å². The third kappa shape index (κ3) is 2.68. The maximum Gasteiger partial charge on any atom is 0.258 e. The smallest absolute Gasteiger partial charge is 0.258 e. The van der Waals surface area contributed by atoms with E-state index in [-0.39, 0.29) is 36.8 Å². The fourth-order valence-electron chi connectivity index (χ4n) is 4.25. The van der Waals surface area contributed by atoms with Crippen LogP contribution in [0.15, 0.2) is 6.07 Å². The lowest BCUT2D eigenvalue weighted by Crippen LogP contribution is -2.52. The van der Waals surface area contributed by atoms with Crippen molar-refractivity contribution < 1.29 is 23.2 Å². The fourth-order valence-corrected chi connectivity index (χ4v) is 4.25. The van der Waals surface area contributed by atoms with Gasteiger partial charge in [0, 0.05) is 19.0 Å². The number of rotatable bonds is 2. The Morgan fingerprint density at radius 3 is 2.46 bits per heavy atom. The number of fused-ring (bicyclic) bond motifs is 1. The van der Waals surface area contributed by atoms with Crippen molar-refractivity contribution in [2.24, 2.45) is 0 Å². The van der Waals surface area contributed by atoms with E-state index in [1.807, 2.05) is 0 Å². The van der Waals surface area contributed by atoms with Crippen LogP contribution in [0.2, 0.25) is 0 Å². The molecule has 2 fully saturated rings. The molecule has 1 aromatic rings. The molecular weight excluding hydrogens is 344 g/mol. The minimum absolute atomic E-state index is 0.00557. The van der Waals surface area contributed by atoms with Crippen LogP contribution in [-0.2, 0) is 16.1 Å². The first kappa shape index (κ1) is 17.1. The summed E-state index contributed by atoms with van der Waals surface area (Å²) in [5, 5.41) is 5.41. The quantitative estimate of drug-likeness (QED) is 0.774. The number of nitrogens with one attached hydrogen (secondary N) is 2. The summed E-state index contributed by atoms with van der Waals surface area (Å²) in [6.45, 7) is 1.47. The number of halogens is 2. The summed E-state index contributed by atoms with van der Waals surface area (Å²) in [7, 11) is 0. The van der Waals surface area contributed by atoms with Crippen LogP contribution in [0.25, 0.3) is 0 Å². The van der Waals surface area contributed by atoms with Crippen molar-refractivity contribution in [3.05, 3.63) is 34.4 Å². The summed E-state index contributed by atoms with van der Waals surface area (Å²) >= 11 is 0. The van der Waals surface area contributed by atoms with Crippen molar-refractivity contribution in [1.29, 1.82) is 0 Å².